The lowest BCUT2D eigenvalue weighted by molar-refractivity contribution is 0.127. The average molecular weight is 313 g/mol. The van der Waals surface area contributed by atoms with Gasteiger partial charge in [-0.1, -0.05) is 0 Å². The number of nitrogens with zero attached hydrogens (tertiary/aromatic N) is 2. The summed E-state index contributed by atoms with van der Waals surface area (Å²) in [7, 11) is 1.71. The standard InChI is InChI=1S/C18H23N3O2/c1-22-15-2-3-17-14(10-15)11-16(23-17)12-21-8-4-13(5-9-21)18-19-6-7-20-18/h2-3,6-7,10,13,16H,4-5,8-9,11-12H2,1H3,(H,19,20). The molecule has 0 radical (unpaired) electrons. The number of aromatic amines is 1. The van der Waals surface area contributed by atoms with Crippen molar-refractivity contribution >= 4 is 0 Å². The highest BCUT2D eigenvalue weighted by atomic mass is 16.5. The van der Waals surface area contributed by atoms with Gasteiger partial charge in [-0.15, -0.1) is 0 Å². The molecule has 0 saturated carbocycles. The minimum absolute atomic E-state index is 0.261. The molecule has 5 nitrogen and oxygen atoms in total. The first kappa shape index (κ1) is 14.6. The first-order valence-corrected chi connectivity index (χ1v) is 8.37. The number of fused-ring (bicyclic) bond motifs is 1. The van der Waals surface area contributed by atoms with Crippen molar-refractivity contribution in [1.82, 2.24) is 14.9 Å². The summed E-state index contributed by atoms with van der Waals surface area (Å²) in [5.74, 6) is 3.64. The fraction of sp³-hybridized carbons (Fsp3) is 0.500. The molecule has 5 heteroatoms. The third-order valence-corrected chi connectivity index (χ3v) is 4.96. The van der Waals surface area contributed by atoms with Gasteiger partial charge in [0.15, 0.2) is 0 Å². The zero-order valence-corrected chi connectivity index (χ0v) is 13.5. The Labute approximate surface area is 136 Å². The average Bonchev–Trinajstić information content (AvgIpc) is 3.24. The van der Waals surface area contributed by atoms with Crippen LogP contribution in [0.15, 0.2) is 30.6 Å². The first-order chi connectivity index (χ1) is 11.3. The highest BCUT2D eigenvalue weighted by Crippen LogP contribution is 2.33. The third kappa shape index (κ3) is 3.06. The second-order valence-electron chi connectivity index (χ2n) is 6.47. The van der Waals surface area contributed by atoms with E-state index in [2.05, 4.69) is 20.9 Å². The minimum atomic E-state index is 0.261. The van der Waals surface area contributed by atoms with Crippen LogP contribution >= 0.6 is 0 Å². The largest absolute Gasteiger partial charge is 0.497 e. The van der Waals surface area contributed by atoms with E-state index >= 15 is 0 Å². The van der Waals surface area contributed by atoms with Crippen molar-refractivity contribution in [2.24, 2.45) is 0 Å². The van der Waals surface area contributed by atoms with Gasteiger partial charge in [-0.05, 0) is 44.1 Å². The van der Waals surface area contributed by atoms with Crippen LogP contribution in [0.1, 0.15) is 30.1 Å². The molecule has 1 aromatic carbocycles. The lowest BCUT2D eigenvalue weighted by atomic mass is 9.96. The van der Waals surface area contributed by atoms with Crippen molar-refractivity contribution in [1.29, 1.82) is 0 Å². The molecule has 1 saturated heterocycles. The molecular formula is C18H23N3O2. The van der Waals surface area contributed by atoms with E-state index in [0.29, 0.717) is 5.92 Å². The Balaban J connectivity index is 1.31. The number of imidazole rings is 1. The molecule has 2 aliphatic heterocycles. The van der Waals surface area contributed by atoms with Gasteiger partial charge in [-0.2, -0.15) is 0 Å². The van der Waals surface area contributed by atoms with E-state index in [1.807, 2.05) is 24.5 Å². The van der Waals surface area contributed by atoms with Gasteiger partial charge >= 0.3 is 0 Å². The predicted molar refractivity (Wildman–Crippen MR) is 88.1 cm³/mol. The van der Waals surface area contributed by atoms with Gasteiger partial charge in [0, 0.05) is 36.8 Å². The molecule has 1 unspecified atom stereocenters. The maximum Gasteiger partial charge on any atom is 0.123 e. The highest BCUT2D eigenvalue weighted by molar-refractivity contribution is 5.43. The number of H-pyrrole nitrogens is 1. The number of piperidine rings is 1. The molecule has 122 valence electrons. The molecule has 0 bridgehead atoms. The summed E-state index contributed by atoms with van der Waals surface area (Å²) in [5.41, 5.74) is 1.26. The Bertz CT molecular complexity index is 648. The maximum absolute atomic E-state index is 6.09. The summed E-state index contributed by atoms with van der Waals surface area (Å²) in [6.45, 7) is 3.23. The molecule has 1 aromatic heterocycles. The summed E-state index contributed by atoms with van der Waals surface area (Å²) >= 11 is 0. The Morgan fingerprint density at radius 2 is 2.22 bits per heavy atom. The summed E-state index contributed by atoms with van der Waals surface area (Å²) < 4.78 is 11.4. The van der Waals surface area contributed by atoms with Gasteiger partial charge in [-0.3, -0.25) is 4.90 Å². The minimum Gasteiger partial charge on any atom is -0.497 e. The summed E-state index contributed by atoms with van der Waals surface area (Å²) in [4.78, 5) is 10.2. The predicted octanol–water partition coefficient (Wildman–Crippen LogP) is 2.60. The van der Waals surface area contributed by atoms with Crippen LogP contribution < -0.4 is 9.47 Å². The summed E-state index contributed by atoms with van der Waals surface area (Å²) in [6.07, 6.45) is 7.34. The van der Waals surface area contributed by atoms with Crippen LogP contribution in [0.3, 0.4) is 0 Å². The van der Waals surface area contributed by atoms with Crippen molar-refractivity contribution < 1.29 is 9.47 Å². The van der Waals surface area contributed by atoms with E-state index in [1.165, 1.54) is 18.4 Å². The molecule has 0 amide bonds. The topological polar surface area (TPSA) is 50.4 Å². The number of nitrogens with one attached hydrogen (secondary N) is 1. The molecule has 2 aliphatic rings. The molecule has 23 heavy (non-hydrogen) atoms. The molecule has 3 heterocycles. The van der Waals surface area contributed by atoms with E-state index in [4.69, 9.17) is 9.47 Å². The van der Waals surface area contributed by atoms with E-state index < -0.39 is 0 Å². The number of aromatic nitrogens is 2. The zero-order chi connectivity index (χ0) is 15.6. The molecule has 1 atom stereocenters. The van der Waals surface area contributed by atoms with Crippen LogP contribution in [0.4, 0.5) is 0 Å². The second-order valence-corrected chi connectivity index (χ2v) is 6.47. The normalized spacial score (nSPS) is 21.9. The monoisotopic (exact) mass is 313 g/mol. The van der Waals surface area contributed by atoms with Crippen molar-refractivity contribution in [2.45, 2.75) is 31.3 Å². The number of likely N-dealkylation sites (tertiary alicyclic amines) is 1. The number of hydrogen-bond acceptors (Lipinski definition) is 4. The third-order valence-electron chi connectivity index (χ3n) is 4.96. The molecular weight excluding hydrogens is 290 g/mol. The summed E-state index contributed by atoms with van der Waals surface area (Å²) in [5, 5.41) is 0. The molecule has 1 fully saturated rings. The molecule has 0 aliphatic carbocycles. The smallest absolute Gasteiger partial charge is 0.123 e. The van der Waals surface area contributed by atoms with Gasteiger partial charge in [0.25, 0.3) is 0 Å². The first-order valence-electron chi connectivity index (χ1n) is 8.37. The number of benzene rings is 1. The van der Waals surface area contributed by atoms with Crippen LogP contribution in [0.5, 0.6) is 11.5 Å². The number of ether oxygens (including phenoxy) is 2. The van der Waals surface area contributed by atoms with E-state index in [9.17, 15) is 0 Å². The van der Waals surface area contributed by atoms with Crippen molar-refractivity contribution in [2.75, 3.05) is 26.7 Å². The van der Waals surface area contributed by atoms with E-state index in [-0.39, 0.29) is 6.10 Å². The van der Waals surface area contributed by atoms with Crippen molar-refractivity contribution in [3.63, 3.8) is 0 Å². The van der Waals surface area contributed by atoms with Gasteiger partial charge in [0.2, 0.25) is 0 Å². The van der Waals surface area contributed by atoms with Crippen LogP contribution in [0.2, 0.25) is 0 Å². The van der Waals surface area contributed by atoms with Gasteiger partial charge in [0.05, 0.1) is 7.11 Å². The Kier molecular flexibility index (Phi) is 3.95. The Morgan fingerprint density at radius 3 is 2.96 bits per heavy atom. The summed E-state index contributed by atoms with van der Waals surface area (Å²) in [6, 6.07) is 6.09. The van der Waals surface area contributed by atoms with Crippen LogP contribution in [-0.4, -0.2) is 47.7 Å². The number of methoxy groups -OCH3 is 1. The maximum atomic E-state index is 6.09. The van der Waals surface area contributed by atoms with Gasteiger partial charge in [-0.25, -0.2) is 4.98 Å². The Hall–Kier alpha value is -2.01. The van der Waals surface area contributed by atoms with E-state index in [1.54, 1.807) is 7.11 Å². The van der Waals surface area contributed by atoms with Crippen molar-refractivity contribution in [3.8, 4) is 11.5 Å². The number of hydrogen-bond donors (Lipinski definition) is 1. The number of rotatable bonds is 4. The fourth-order valence-electron chi connectivity index (χ4n) is 3.70. The van der Waals surface area contributed by atoms with E-state index in [0.717, 1.165) is 43.4 Å². The fourth-order valence-corrected chi connectivity index (χ4v) is 3.70. The Morgan fingerprint density at radius 1 is 1.35 bits per heavy atom. The SMILES string of the molecule is COc1ccc2c(c1)CC(CN1CCC(c3ncc[nH]3)CC1)O2. The lowest BCUT2D eigenvalue weighted by Gasteiger charge is -2.32. The zero-order valence-electron chi connectivity index (χ0n) is 13.5. The molecule has 2 aromatic rings. The quantitative estimate of drug-likeness (QED) is 0.942. The second kappa shape index (κ2) is 6.24. The molecule has 4 rings (SSSR count). The van der Waals surface area contributed by atoms with Gasteiger partial charge < -0.3 is 14.5 Å². The highest BCUT2D eigenvalue weighted by Gasteiger charge is 2.28. The van der Waals surface area contributed by atoms with Crippen molar-refractivity contribution in [3.05, 3.63) is 42.0 Å². The molecule has 0 spiro atoms. The van der Waals surface area contributed by atoms with Crippen LogP contribution in [0, 0.1) is 0 Å². The lowest BCUT2D eigenvalue weighted by Crippen LogP contribution is -2.40. The molecule has 1 N–H and O–H groups in total. The van der Waals surface area contributed by atoms with Crippen LogP contribution in [-0.2, 0) is 6.42 Å². The van der Waals surface area contributed by atoms with Crippen LogP contribution in [0.25, 0.3) is 0 Å². The van der Waals surface area contributed by atoms with Gasteiger partial charge in [0.1, 0.15) is 23.4 Å².